The fourth-order valence-electron chi connectivity index (χ4n) is 3.77. The molecule has 0 fully saturated rings. The maximum absolute atomic E-state index is 12.4. The molecule has 1 aliphatic heterocycles. The van der Waals surface area contributed by atoms with Gasteiger partial charge in [-0.1, -0.05) is 31.9 Å². The first-order chi connectivity index (χ1) is 10.3. The minimum absolute atomic E-state index is 0.103. The number of ether oxygens (including phenoxy) is 1. The van der Waals surface area contributed by atoms with E-state index >= 15 is 0 Å². The fraction of sp³-hybridized carbons (Fsp3) is 0.611. The molecule has 1 aromatic carbocycles. The molecular formula is C18H26ClNO2. The molecule has 22 heavy (non-hydrogen) atoms. The van der Waals surface area contributed by atoms with Crippen LogP contribution in [-0.2, 0) is 9.53 Å². The number of halogens is 1. The van der Waals surface area contributed by atoms with Gasteiger partial charge in [-0.2, -0.15) is 0 Å². The van der Waals surface area contributed by atoms with Gasteiger partial charge in [-0.25, -0.2) is 4.79 Å². The second kappa shape index (κ2) is 6.49. The van der Waals surface area contributed by atoms with Crippen LogP contribution < -0.4 is 4.90 Å². The van der Waals surface area contributed by atoms with Crippen molar-refractivity contribution >= 4 is 23.3 Å². The van der Waals surface area contributed by atoms with Crippen molar-refractivity contribution in [2.24, 2.45) is 0 Å². The first-order valence-corrected chi connectivity index (χ1v) is 8.36. The topological polar surface area (TPSA) is 29.5 Å². The summed E-state index contributed by atoms with van der Waals surface area (Å²) >= 11 is 6.18. The number of anilines is 1. The minimum Gasteiger partial charge on any atom is -0.467 e. The average Bonchev–Trinajstić information content (AvgIpc) is 2.45. The van der Waals surface area contributed by atoms with E-state index in [-0.39, 0.29) is 17.6 Å². The summed E-state index contributed by atoms with van der Waals surface area (Å²) in [5.74, 6) is 0.255. The zero-order valence-corrected chi connectivity index (χ0v) is 14.9. The van der Waals surface area contributed by atoms with Crippen LogP contribution in [0.25, 0.3) is 0 Å². The Hall–Kier alpha value is -1.22. The number of rotatable bonds is 4. The molecule has 2 atom stereocenters. The largest absolute Gasteiger partial charge is 0.467 e. The maximum atomic E-state index is 12.4. The molecule has 0 aromatic heterocycles. The number of hydrogen-bond acceptors (Lipinski definition) is 3. The lowest BCUT2D eigenvalue weighted by molar-refractivity contribution is -0.142. The Kier molecular flexibility index (Phi) is 5.06. The summed E-state index contributed by atoms with van der Waals surface area (Å²) in [7, 11) is 1.47. The highest BCUT2D eigenvalue weighted by molar-refractivity contribution is 6.30. The number of hydrogen-bond donors (Lipinski definition) is 0. The predicted molar refractivity (Wildman–Crippen MR) is 91.8 cm³/mol. The monoisotopic (exact) mass is 323 g/mol. The van der Waals surface area contributed by atoms with Crippen molar-refractivity contribution in [1.82, 2.24) is 0 Å². The summed E-state index contributed by atoms with van der Waals surface area (Å²) in [6.45, 7) is 8.72. The Bertz CT molecular complexity index is 556. The molecule has 0 unspecified atom stereocenters. The van der Waals surface area contributed by atoms with Gasteiger partial charge in [0.1, 0.15) is 6.04 Å². The molecule has 0 aliphatic carbocycles. The average molecular weight is 324 g/mol. The second-order valence-corrected chi connectivity index (χ2v) is 7.25. The van der Waals surface area contributed by atoms with Crippen LogP contribution >= 0.6 is 11.6 Å². The molecule has 0 saturated carbocycles. The molecule has 122 valence electrons. The van der Waals surface area contributed by atoms with E-state index < -0.39 is 0 Å². The quantitative estimate of drug-likeness (QED) is 0.747. The summed E-state index contributed by atoms with van der Waals surface area (Å²) in [4.78, 5) is 14.6. The van der Waals surface area contributed by atoms with Gasteiger partial charge in [-0.05, 0) is 56.4 Å². The van der Waals surface area contributed by atoms with Gasteiger partial charge in [0.25, 0.3) is 0 Å². The Labute approximate surface area is 138 Å². The van der Waals surface area contributed by atoms with Gasteiger partial charge in [-0.15, -0.1) is 0 Å². The Morgan fingerprint density at radius 2 is 2.18 bits per heavy atom. The van der Waals surface area contributed by atoms with Crippen molar-refractivity contribution in [3.63, 3.8) is 0 Å². The minimum atomic E-state index is -0.252. The van der Waals surface area contributed by atoms with Crippen LogP contribution in [0.2, 0.25) is 5.02 Å². The van der Waals surface area contributed by atoms with E-state index in [9.17, 15) is 4.79 Å². The van der Waals surface area contributed by atoms with Crippen LogP contribution in [-0.4, -0.2) is 24.7 Å². The number of esters is 1. The van der Waals surface area contributed by atoms with Gasteiger partial charge < -0.3 is 9.64 Å². The van der Waals surface area contributed by atoms with Crippen LogP contribution in [0.1, 0.15) is 58.4 Å². The molecule has 3 nitrogen and oxygen atoms in total. The molecule has 1 heterocycles. The van der Waals surface area contributed by atoms with Crippen molar-refractivity contribution in [3.8, 4) is 0 Å². The third-order valence-corrected chi connectivity index (χ3v) is 4.82. The summed E-state index contributed by atoms with van der Waals surface area (Å²) in [5, 5.41) is 0.746. The van der Waals surface area contributed by atoms with Crippen molar-refractivity contribution in [1.29, 1.82) is 0 Å². The molecule has 2 rings (SSSR count). The Morgan fingerprint density at radius 3 is 2.77 bits per heavy atom. The highest BCUT2D eigenvalue weighted by Gasteiger charge is 2.42. The van der Waals surface area contributed by atoms with Crippen LogP contribution in [0.5, 0.6) is 0 Å². The number of methoxy groups -OCH3 is 1. The Morgan fingerprint density at radius 1 is 1.50 bits per heavy atom. The van der Waals surface area contributed by atoms with Gasteiger partial charge in [0, 0.05) is 16.2 Å². The predicted octanol–water partition coefficient (Wildman–Crippen LogP) is 4.77. The Balaban J connectivity index is 2.56. The van der Waals surface area contributed by atoms with Gasteiger partial charge in [0.15, 0.2) is 0 Å². The smallest absolute Gasteiger partial charge is 0.328 e. The lowest BCUT2D eigenvalue weighted by atomic mass is 9.78. The molecule has 0 bridgehead atoms. The van der Waals surface area contributed by atoms with E-state index in [2.05, 4.69) is 32.6 Å². The van der Waals surface area contributed by atoms with E-state index in [1.165, 1.54) is 12.7 Å². The van der Waals surface area contributed by atoms with E-state index in [4.69, 9.17) is 16.3 Å². The molecule has 1 aliphatic rings. The fourth-order valence-corrected chi connectivity index (χ4v) is 3.96. The number of carbonyl (C=O) groups excluding carboxylic acids is 1. The van der Waals surface area contributed by atoms with Crippen molar-refractivity contribution < 1.29 is 9.53 Å². The number of carbonyl (C=O) groups is 1. The van der Waals surface area contributed by atoms with Crippen LogP contribution in [0.15, 0.2) is 18.2 Å². The van der Waals surface area contributed by atoms with Gasteiger partial charge in [-0.3, -0.25) is 0 Å². The van der Waals surface area contributed by atoms with Crippen molar-refractivity contribution in [2.45, 2.75) is 64.5 Å². The summed E-state index contributed by atoms with van der Waals surface area (Å²) in [6, 6.07) is 5.73. The first-order valence-electron chi connectivity index (χ1n) is 7.98. The second-order valence-electron chi connectivity index (χ2n) is 6.82. The van der Waals surface area contributed by atoms with Gasteiger partial charge in [0.05, 0.1) is 7.11 Å². The molecule has 0 N–H and O–H groups in total. The highest BCUT2D eigenvalue weighted by atomic mass is 35.5. The van der Waals surface area contributed by atoms with E-state index in [1.54, 1.807) is 0 Å². The van der Waals surface area contributed by atoms with E-state index in [1.807, 2.05) is 18.2 Å². The molecule has 0 spiro atoms. The van der Waals surface area contributed by atoms with Crippen LogP contribution in [0.3, 0.4) is 0 Å². The molecule has 0 radical (unpaired) electrons. The van der Waals surface area contributed by atoms with E-state index in [0.29, 0.717) is 5.92 Å². The number of benzene rings is 1. The molecular weight excluding hydrogens is 298 g/mol. The summed E-state index contributed by atoms with van der Waals surface area (Å²) in [5.41, 5.74) is 2.22. The third kappa shape index (κ3) is 3.10. The van der Waals surface area contributed by atoms with Gasteiger partial charge in [0.2, 0.25) is 0 Å². The standard InChI is InChI=1S/C18H26ClNO2/c1-6-7-16(17(21)22-5)20-15-9-8-13(19)10-14(15)12(2)11-18(20,3)4/h8-10,12,16H,6-7,11H2,1-5H3/t12-,16+/m1/s1. The SMILES string of the molecule is CCC[C@@H](C(=O)OC)N1c2ccc(Cl)cc2[C@H](C)CC1(C)C. The van der Waals surface area contributed by atoms with E-state index in [0.717, 1.165) is 30.0 Å². The molecule has 1 aromatic rings. The van der Waals surface area contributed by atoms with Crippen molar-refractivity contribution in [2.75, 3.05) is 12.0 Å². The zero-order valence-electron chi connectivity index (χ0n) is 14.1. The zero-order chi connectivity index (χ0) is 16.5. The number of nitrogens with zero attached hydrogens (tertiary/aromatic N) is 1. The van der Waals surface area contributed by atoms with Crippen molar-refractivity contribution in [3.05, 3.63) is 28.8 Å². The number of fused-ring (bicyclic) bond motifs is 1. The summed E-state index contributed by atoms with van der Waals surface area (Å²) in [6.07, 6.45) is 2.70. The van der Waals surface area contributed by atoms with Gasteiger partial charge >= 0.3 is 5.97 Å². The lowest BCUT2D eigenvalue weighted by Crippen LogP contribution is -2.56. The molecule has 0 amide bonds. The van der Waals surface area contributed by atoms with Crippen LogP contribution in [0, 0.1) is 0 Å². The normalized spacial score (nSPS) is 21.2. The lowest BCUT2D eigenvalue weighted by Gasteiger charge is -2.50. The maximum Gasteiger partial charge on any atom is 0.328 e. The summed E-state index contributed by atoms with van der Waals surface area (Å²) < 4.78 is 5.07. The molecule has 4 heteroatoms. The molecule has 0 saturated heterocycles. The highest BCUT2D eigenvalue weighted by Crippen LogP contribution is 2.45. The third-order valence-electron chi connectivity index (χ3n) is 4.58. The first kappa shape index (κ1) is 17.1. The van der Waals surface area contributed by atoms with Crippen LogP contribution in [0.4, 0.5) is 5.69 Å².